The Morgan fingerprint density at radius 1 is 1.50 bits per heavy atom. The molecular weight excluding hydrogens is 237 g/mol. The number of rotatable bonds is 5. The van der Waals surface area contributed by atoms with Crippen molar-refractivity contribution in [3.63, 3.8) is 0 Å². The van der Waals surface area contributed by atoms with Gasteiger partial charge in [0, 0.05) is 5.69 Å². The molecule has 18 heavy (non-hydrogen) atoms. The third-order valence-electron chi connectivity index (χ3n) is 2.53. The van der Waals surface area contributed by atoms with Crippen molar-refractivity contribution in [3.8, 4) is 5.75 Å². The molecule has 0 radical (unpaired) electrons. The first-order valence-electron chi connectivity index (χ1n) is 5.54. The Balaban J connectivity index is 1.87. The molecule has 0 atom stereocenters. The molecule has 1 fully saturated rings. The fourth-order valence-electron chi connectivity index (χ4n) is 1.45. The molecular formula is C13H14FNO3. The van der Waals surface area contributed by atoms with Gasteiger partial charge in [0.15, 0.2) is 5.67 Å². The van der Waals surface area contributed by atoms with E-state index in [1.54, 1.807) is 24.3 Å². The molecule has 1 amide bonds. The van der Waals surface area contributed by atoms with Crippen LogP contribution in [0.1, 0.15) is 0 Å². The summed E-state index contributed by atoms with van der Waals surface area (Å²) in [5.41, 5.74) is -0.732. The summed E-state index contributed by atoms with van der Waals surface area (Å²) >= 11 is 0. The lowest BCUT2D eigenvalue weighted by Crippen LogP contribution is -2.50. The molecule has 0 aliphatic carbocycles. The Morgan fingerprint density at radius 2 is 2.17 bits per heavy atom. The quantitative estimate of drug-likeness (QED) is 0.813. The molecule has 1 aromatic carbocycles. The van der Waals surface area contributed by atoms with Crippen LogP contribution in [0.4, 0.5) is 10.1 Å². The Kier molecular flexibility index (Phi) is 3.62. The molecule has 5 heteroatoms. The first-order chi connectivity index (χ1) is 8.61. The second-order valence-electron chi connectivity index (χ2n) is 4.15. The molecule has 1 aromatic rings. The number of hydrogen-bond acceptors (Lipinski definition) is 3. The summed E-state index contributed by atoms with van der Waals surface area (Å²) in [6.07, 6.45) is 1.19. The zero-order valence-electron chi connectivity index (χ0n) is 9.82. The lowest BCUT2D eigenvalue weighted by molar-refractivity contribution is -0.146. The smallest absolute Gasteiger partial charge is 0.247 e. The number of benzene rings is 1. The predicted octanol–water partition coefficient (Wildman–Crippen LogP) is 1.93. The van der Waals surface area contributed by atoms with Crippen LogP contribution >= 0.6 is 0 Å². The summed E-state index contributed by atoms with van der Waals surface area (Å²) in [4.78, 5) is 11.0. The number of ether oxygens (including phenoxy) is 2. The van der Waals surface area contributed by atoms with Crippen molar-refractivity contribution in [1.82, 2.24) is 0 Å². The van der Waals surface area contributed by atoms with Gasteiger partial charge >= 0.3 is 0 Å². The van der Waals surface area contributed by atoms with Crippen LogP contribution < -0.4 is 10.1 Å². The number of hydrogen-bond donors (Lipinski definition) is 1. The van der Waals surface area contributed by atoms with Gasteiger partial charge in [-0.25, -0.2) is 4.39 Å². The van der Waals surface area contributed by atoms with Gasteiger partial charge in [-0.2, -0.15) is 0 Å². The summed E-state index contributed by atoms with van der Waals surface area (Å²) in [6.45, 7) is 3.50. The zero-order valence-corrected chi connectivity index (χ0v) is 9.82. The van der Waals surface area contributed by atoms with E-state index in [9.17, 15) is 9.18 Å². The topological polar surface area (TPSA) is 47.6 Å². The van der Waals surface area contributed by atoms with E-state index in [1.807, 2.05) is 0 Å². The highest BCUT2D eigenvalue weighted by Gasteiger charge is 2.39. The van der Waals surface area contributed by atoms with Crippen molar-refractivity contribution >= 4 is 11.6 Å². The van der Waals surface area contributed by atoms with Crippen LogP contribution in [0.5, 0.6) is 5.75 Å². The average molecular weight is 251 g/mol. The molecule has 0 unspecified atom stereocenters. The minimum absolute atomic E-state index is 0.0225. The lowest BCUT2D eigenvalue weighted by Gasteiger charge is -2.33. The largest absolute Gasteiger partial charge is 0.490 e. The van der Waals surface area contributed by atoms with E-state index in [-0.39, 0.29) is 25.7 Å². The number of halogens is 1. The molecule has 2 rings (SSSR count). The maximum absolute atomic E-state index is 13.6. The first-order valence-corrected chi connectivity index (χ1v) is 5.54. The molecule has 1 aliphatic heterocycles. The molecule has 0 bridgehead atoms. The van der Waals surface area contributed by atoms with Gasteiger partial charge < -0.3 is 14.8 Å². The number of alkyl halides is 1. The molecule has 1 saturated heterocycles. The zero-order chi connectivity index (χ0) is 13.0. The van der Waals surface area contributed by atoms with E-state index in [2.05, 4.69) is 11.9 Å². The molecule has 1 heterocycles. The number of carbonyl (C=O) groups excluding carboxylic acids is 1. The highest BCUT2D eigenvalue weighted by molar-refractivity contribution is 5.98. The van der Waals surface area contributed by atoms with E-state index in [4.69, 9.17) is 9.47 Å². The summed E-state index contributed by atoms with van der Waals surface area (Å²) in [6, 6.07) is 6.70. The summed E-state index contributed by atoms with van der Waals surface area (Å²) in [5, 5.41) is 2.61. The highest BCUT2D eigenvalue weighted by atomic mass is 19.1. The molecule has 96 valence electrons. The second-order valence-corrected chi connectivity index (χ2v) is 4.15. The Morgan fingerprint density at radius 3 is 2.67 bits per heavy atom. The fourth-order valence-corrected chi connectivity index (χ4v) is 1.45. The third kappa shape index (κ3) is 3.07. The van der Waals surface area contributed by atoms with Gasteiger partial charge in [-0.3, -0.25) is 4.79 Å². The molecule has 0 aromatic heterocycles. The maximum Gasteiger partial charge on any atom is 0.247 e. The van der Waals surface area contributed by atoms with Gasteiger partial charge in [0.2, 0.25) is 5.91 Å². The fraction of sp³-hybridized carbons (Fsp3) is 0.308. The van der Waals surface area contributed by atoms with Crippen LogP contribution in [-0.4, -0.2) is 31.4 Å². The Bertz CT molecular complexity index is 440. The van der Waals surface area contributed by atoms with Gasteiger partial charge in [0.25, 0.3) is 0 Å². The van der Waals surface area contributed by atoms with Gasteiger partial charge in [0.05, 0.1) is 13.2 Å². The van der Waals surface area contributed by atoms with E-state index in [0.29, 0.717) is 11.4 Å². The van der Waals surface area contributed by atoms with Crippen LogP contribution in [0, 0.1) is 0 Å². The van der Waals surface area contributed by atoms with Crippen LogP contribution in [0.15, 0.2) is 36.9 Å². The molecule has 0 saturated carbocycles. The van der Waals surface area contributed by atoms with Crippen molar-refractivity contribution in [2.45, 2.75) is 5.67 Å². The Labute approximate surface area is 104 Å². The number of anilines is 1. The standard InChI is InChI=1S/C13H14FNO3/c1-2-12(16)15-10-3-5-11(6-4-10)18-9-13(14)7-17-8-13/h2-6H,1,7-9H2,(H,15,16). The Hall–Kier alpha value is -1.88. The van der Waals surface area contributed by atoms with Gasteiger partial charge in [0.1, 0.15) is 12.4 Å². The molecule has 4 nitrogen and oxygen atoms in total. The van der Waals surface area contributed by atoms with Crippen LogP contribution in [0.3, 0.4) is 0 Å². The molecule has 1 aliphatic rings. The summed E-state index contributed by atoms with van der Waals surface area (Å²) in [7, 11) is 0. The van der Waals surface area contributed by atoms with Crippen molar-refractivity contribution in [1.29, 1.82) is 0 Å². The van der Waals surface area contributed by atoms with Gasteiger partial charge in [-0.15, -0.1) is 0 Å². The van der Waals surface area contributed by atoms with Gasteiger partial charge in [-0.1, -0.05) is 6.58 Å². The van der Waals surface area contributed by atoms with Crippen LogP contribution in [0.2, 0.25) is 0 Å². The van der Waals surface area contributed by atoms with Crippen LogP contribution in [-0.2, 0) is 9.53 Å². The number of amides is 1. The lowest BCUT2D eigenvalue weighted by atomic mass is 10.1. The first kappa shape index (κ1) is 12.6. The highest BCUT2D eigenvalue weighted by Crippen LogP contribution is 2.24. The predicted molar refractivity (Wildman–Crippen MR) is 65.4 cm³/mol. The monoisotopic (exact) mass is 251 g/mol. The van der Waals surface area contributed by atoms with Crippen molar-refractivity contribution < 1.29 is 18.7 Å². The molecule has 0 spiro atoms. The van der Waals surface area contributed by atoms with E-state index in [1.165, 1.54) is 6.08 Å². The third-order valence-corrected chi connectivity index (χ3v) is 2.53. The van der Waals surface area contributed by atoms with Crippen molar-refractivity contribution in [2.24, 2.45) is 0 Å². The van der Waals surface area contributed by atoms with E-state index < -0.39 is 5.67 Å². The molecule has 1 N–H and O–H groups in total. The van der Waals surface area contributed by atoms with E-state index >= 15 is 0 Å². The van der Waals surface area contributed by atoms with Crippen molar-refractivity contribution in [3.05, 3.63) is 36.9 Å². The maximum atomic E-state index is 13.6. The van der Waals surface area contributed by atoms with E-state index in [0.717, 1.165) is 0 Å². The average Bonchev–Trinajstić information content (AvgIpc) is 2.35. The summed E-state index contributed by atoms with van der Waals surface area (Å²) < 4.78 is 23.7. The second kappa shape index (κ2) is 5.18. The minimum atomic E-state index is -1.37. The SMILES string of the molecule is C=CC(=O)Nc1ccc(OCC2(F)COC2)cc1. The number of carbonyl (C=O) groups is 1. The number of nitrogens with one attached hydrogen (secondary N) is 1. The van der Waals surface area contributed by atoms with Crippen molar-refractivity contribution in [2.75, 3.05) is 25.1 Å². The normalized spacial score (nSPS) is 16.5. The minimum Gasteiger partial charge on any atom is -0.490 e. The van der Waals surface area contributed by atoms with Crippen LogP contribution in [0.25, 0.3) is 0 Å². The summed E-state index contributed by atoms with van der Waals surface area (Å²) in [5.74, 6) is 0.272. The van der Waals surface area contributed by atoms with Gasteiger partial charge in [-0.05, 0) is 30.3 Å².